The van der Waals surface area contributed by atoms with E-state index in [1.54, 1.807) is 24.8 Å². The lowest BCUT2D eigenvalue weighted by atomic mass is 9.93. The summed E-state index contributed by atoms with van der Waals surface area (Å²) in [6.07, 6.45) is 7.15. The predicted octanol–water partition coefficient (Wildman–Crippen LogP) is 10.4. The van der Waals surface area contributed by atoms with Crippen LogP contribution in [0.1, 0.15) is 22.9 Å². The molecule has 1 unspecified atom stereocenters. The van der Waals surface area contributed by atoms with Gasteiger partial charge in [-0.1, -0.05) is 133 Å². The van der Waals surface area contributed by atoms with E-state index in [1.807, 2.05) is 60.7 Å². The highest BCUT2D eigenvalue weighted by Crippen LogP contribution is 2.52. The largest absolute Gasteiger partial charge is 0.309 e. The van der Waals surface area contributed by atoms with Crippen LogP contribution in [0.25, 0.3) is 84.2 Å². The Bertz CT molecular complexity index is 2950. The van der Waals surface area contributed by atoms with E-state index in [0.717, 1.165) is 50.1 Å². The van der Waals surface area contributed by atoms with Crippen molar-refractivity contribution in [2.75, 3.05) is 0 Å². The Balaban J connectivity index is 1.15. The van der Waals surface area contributed by atoms with Crippen LogP contribution in [0, 0.1) is 0 Å². The molecule has 10 aromatic rings. The first-order valence-electron chi connectivity index (χ1n) is 18.5. The van der Waals surface area contributed by atoms with Crippen LogP contribution in [-0.2, 0) is 0 Å². The molecule has 0 spiro atoms. The van der Waals surface area contributed by atoms with Gasteiger partial charge in [-0.25, -0.2) is 34.9 Å². The Morgan fingerprint density at radius 3 is 1.55 bits per heavy atom. The Morgan fingerprint density at radius 2 is 0.929 bits per heavy atom. The number of aromatic nitrogens is 8. The summed E-state index contributed by atoms with van der Waals surface area (Å²) in [6.45, 7) is 0. The van der Waals surface area contributed by atoms with Gasteiger partial charge in [-0.15, -0.1) is 0 Å². The summed E-state index contributed by atoms with van der Waals surface area (Å²) < 4.78 is 2.39. The number of rotatable bonds is 6. The highest BCUT2D eigenvalue weighted by molar-refractivity contribution is 6.13. The number of hydrogen-bond donors (Lipinski definition) is 0. The molecule has 0 radical (unpaired) electrons. The van der Waals surface area contributed by atoms with E-state index in [2.05, 4.69) is 95.6 Å². The second kappa shape index (κ2) is 13.0. The molecule has 0 saturated heterocycles. The first kappa shape index (κ1) is 31.8. The molecule has 0 N–H and O–H groups in total. The van der Waals surface area contributed by atoms with Crippen molar-refractivity contribution in [3.8, 4) is 62.4 Å². The van der Waals surface area contributed by atoms with Crippen LogP contribution in [0.3, 0.4) is 0 Å². The van der Waals surface area contributed by atoms with Gasteiger partial charge >= 0.3 is 0 Å². The third kappa shape index (κ3) is 5.19. The third-order valence-corrected chi connectivity index (χ3v) is 10.5. The van der Waals surface area contributed by atoms with Crippen molar-refractivity contribution in [1.29, 1.82) is 0 Å². The molecule has 1 aliphatic carbocycles. The zero-order valence-electron chi connectivity index (χ0n) is 29.9. The molecule has 4 heterocycles. The van der Waals surface area contributed by atoms with Crippen molar-refractivity contribution < 1.29 is 0 Å². The second-order valence-electron chi connectivity index (χ2n) is 13.8. The minimum atomic E-state index is -0.314. The maximum Gasteiger partial charge on any atom is 0.166 e. The Kier molecular flexibility index (Phi) is 7.38. The van der Waals surface area contributed by atoms with E-state index < -0.39 is 0 Å². The lowest BCUT2D eigenvalue weighted by Gasteiger charge is -2.18. The Morgan fingerprint density at radius 1 is 0.393 bits per heavy atom. The van der Waals surface area contributed by atoms with Crippen LogP contribution < -0.4 is 0 Å². The number of para-hydroxylation sites is 2. The highest BCUT2D eigenvalue weighted by Gasteiger charge is 2.36. The van der Waals surface area contributed by atoms with Gasteiger partial charge in [0.15, 0.2) is 23.3 Å². The molecular formula is C48H30N8. The fourth-order valence-electron chi connectivity index (χ4n) is 8.01. The number of benzene rings is 6. The van der Waals surface area contributed by atoms with Crippen molar-refractivity contribution in [3.63, 3.8) is 0 Å². The molecule has 1 atom stereocenters. The third-order valence-electron chi connectivity index (χ3n) is 10.5. The van der Waals surface area contributed by atoms with Gasteiger partial charge in [0.05, 0.1) is 28.1 Å². The van der Waals surface area contributed by atoms with Gasteiger partial charge in [-0.05, 0) is 40.5 Å². The van der Waals surface area contributed by atoms with Crippen LogP contribution in [0.2, 0.25) is 0 Å². The van der Waals surface area contributed by atoms with Gasteiger partial charge in [0.1, 0.15) is 5.82 Å². The highest BCUT2D eigenvalue weighted by atomic mass is 15.1. The SMILES string of the molecule is c1ccc(-c2ncc(-c3nc(-c4cnc(-c5ccccc5)nc4)nc(C4c5ccccc5-c5ccc6c7ccccc7n(-c7ccccc7)c6c54)n3)cn2)cc1. The average Bonchev–Trinajstić information content (AvgIpc) is 3.80. The molecule has 4 aromatic heterocycles. The van der Waals surface area contributed by atoms with Gasteiger partial charge in [0.2, 0.25) is 0 Å². The van der Waals surface area contributed by atoms with E-state index in [4.69, 9.17) is 34.9 Å². The number of hydrogen-bond acceptors (Lipinski definition) is 7. The van der Waals surface area contributed by atoms with Crippen LogP contribution in [0.4, 0.5) is 0 Å². The molecule has 8 nitrogen and oxygen atoms in total. The van der Waals surface area contributed by atoms with Crippen molar-refractivity contribution >= 4 is 21.8 Å². The van der Waals surface area contributed by atoms with Crippen LogP contribution in [-0.4, -0.2) is 39.5 Å². The molecule has 8 heteroatoms. The van der Waals surface area contributed by atoms with Gasteiger partial charge in [-0.3, -0.25) is 0 Å². The Labute approximate surface area is 322 Å². The normalized spacial score (nSPS) is 13.2. The smallest absolute Gasteiger partial charge is 0.166 e. The summed E-state index contributed by atoms with van der Waals surface area (Å²) >= 11 is 0. The summed E-state index contributed by atoms with van der Waals surface area (Å²) in [5, 5.41) is 2.36. The maximum absolute atomic E-state index is 5.29. The van der Waals surface area contributed by atoms with Crippen LogP contribution >= 0.6 is 0 Å². The standard InChI is InChI=1S/C48H30N8/c1-4-14-30(15-5-1)44-49-26-32(27-50-44)46-53-47(33-28-51-45(52-29-33)31-16-6-2-7-17-31)55-48(54-46)42-37-22-11-10-20-35(37)38-24-25-39-36-21-12-13-23-40(36)56(43(39)41(38)42)34-18-8-3-9-19-34/h1-29,42H. The van der Waals surface area contributed by atoms with Gasteiger partial charge in [0, 0.05) is 52.4 Å². The molecule has 56 heavy (non-hydrogen) atoms. The summed E-state index contributed by atoms with van der Waals surface area (Å²) in [4.78, 5) is 34.6. The molecule has 6 aromatic carbocycles. The minimum Gasteiger partial charge on any atom is -0.309 e. The van der Waals surface area contributed by atoms with Gasteiger partial charge in [0.25, 0.3) is 0 Å². The molecule has 0 bridgehead atoms. The summed E-state index contributed by atoms with van der Waals surface area (Å²) in [7, 11) is 0. The van der Waals surface area contributed by atoms with Gasteiger partial charge < -0.3 is 4.57 Å². The lowest BCUT2D eigenvalue weighted by molar-refractivity contribution is 0.855. The van der Waals surface area contributed by atoms with E-state index in [1.165, 1.54) is 10.8 Å². The maximum atomic E-state index is 5.29. The summed E-state index contributed by atoms with van der Waals surface area (Å²) in [5.41, 5.74) is 11.2. The first-order chi connectivity index (χ1) is 27.8. The van der Waals surface area contributed by atoms with Gasteiger partial charge in [-0.2, -0.15) is 0 Å². The quantitative estimate of drug-likeness (QED) is 0.169. The van der Waals surface area contributed by atoms with E-state index >= 15 is 0 Å². The molecule has 0 fully saturated rings. The molecular weight excluding hydrogens is 689 g/mol. The summed E-state index contributed by atoms with van der Waals surface area (Å²) in [6, 6.07) is 52.2. The number of nitrogens with zero attached hydrogens (tertiary/aromatic N) is 8. The number of fused-ring (bicyclic) bond motifs is 7. The predicted molar refractivity (Wildman–Crippen MR) is 220 cm³/mol. The Hall–Kier alpha value is -7.71. The molecule has 262 valence electrons. The average molecular weight is 719 g/mol. The van der Waals surface area contributed by atoms with E-state index in [-0.39, 0.29) is 5.92 Å². The van der Waals surface area contributed by atoms with E-state index in [9.17, 15) is 0 Å². The first-order valence-corrected chi connectivity index (χ1v) is 18.5. The van der Waals surface area contributed by atoms with Crippen molar-refractivity contribution in [2.24, 2.45) is 0 Å². The molecule has 0 saturated carbocycles. The monoisotopic (exact) mass is 718 g/mol. The van der Waals surface area contributed by atoms with Crippen molar-refractivity contribution in [1.82, 2.24) is 39.5 Å². The van der Waals surface area contributed by atoms with Crippen LogP contribution in [0.5, 0.6) is 0 Å². The fourth-order valence-corrected chi connectivity index (χ4v) is 8.01. The topological polar surface area (TPSA) is 95.2 Å². The van der Waals surface area contributed by atoms with Crippen LogP contribution in [0.15, 0.2) is 176 Å². The second-order valence-corrected chi connectivity index (χ2v) is 13.8. The van der Waals surface area contributed by atoms with Crippen molar-refractivity contribution in [2.45, 2.75) is 5.92 Å². The lowest BCUT2D eigenvalue weighted by Crippen LogP contribution is -2.11. The minimum absolute atomic E-state index is 0.314. The fraction of sp³-hybridized carbons (Fsp3) is 0.0208. The van der Waals surface area contributed by atoms with Crippen molar-refractivity contribution in [3.05, 3.63) is 193 Å². The zero-order valence-corrected chi connectivity index (χ0v) is 29.9. The summed E-state index contributed by atoms with van der Waals surface area (Å²) in [5.74, 6) is 2.50. The van der Waals surface area contributed by atoms with E-state index in [0.29, 0.717) is 40.2 Å². The molecule has 0 aliphatic heterocycles. The molecule has 11 rings (SSSR count). The molecule has 1 aliphatic rings. The zero-order chi connectivity index (χ0) is 37.0. The molecule has 0 amide bonds.